The minimum Gasteiger partial charge on any atom is -0.350 e. The molecule has 0 saturated heterocycles. The topological polar surface area (TPSA) is 75.3 Å². The maximum atomic E-state index is 12.6. The summed E-state index contributed by atoms with van der Waals surface area (Å²) >= 11 is 0. The van der Waals surface area contributed by atoms with E-state index in [1.807, 2.05) is 13.8 Å². The number of nitrogens with one attached hydrogen (secondary N) is 2. The highest BCUT2D eigenvalue weighted by atomic mass is 32.2. The largest absolute Gasteiger partial charge is 0.416 e. The Morgan fingerprint density at radius 1 is 1.03 bits per heavy atom. The Morgan fingerprint density at radius 2 is 1.66 bits per heavy atom. The van der Waals surface area contributed by atoms with E-state index < -0.39 is 33.7 Å². The molecule has 0 radical (unpaired) electrons. The van der Waals surface area contributed by atoms with Crippen LogP contribution in [-0.2, 0) is 21.0 Å². The van der Waals surface area contributed by atoms with Crippen molar-refractivity contribution in [3.63, 3.8) is 0 Å². The monoisotopic (exact) mass is 428 g/mol. The number of halogens is 3. The zero-order valence-corrected chi connectivity index (χ0v) is 17.1. The van der Waals surface area contributed by atoms with Crippen LogP contribution in [0.5, 0.6) is 0 Å². The second-order valence-corrected chi connectivity index (χ2v) is 8.57. The zero-order chi connectivity index (χ0) is 21.8. The van der Waals surface area contributed by atoms with E-state index in [2.05, 4.69) is 10.0 Å². The molecule has 0 saturated carbocycles. The van der Waals surface area contributed by atoms with Gasteiger partial charge in [-0.15, -0.1) is 0 Å². The summed E-state index contributed by atoms with van der Waals surface area (Å²) in [6.07, 6.45) is -4.52. The minimum atomic E-state index is -4.42. The summed E-state index contributed by atoms with van der Waals surface area (Å²) in [6.45, 7) is 5.23. The molecule has 0 fully saturated rings. The van der Waals surface area contributed by atoms with Gasteiger partial charge in [-0.2, -0.15) is 13.2 Å². The Hall–Kier alpha value is -2.39. The predicted molar refractivity (Wildman–Crippen MR) is 104 cm³/mol. The van der Waals surface area contributed by atoms with Gasteiger partial charge in [-0.1, -0.05) is 18.2 Å². The molecule has 0 spiro atoms. The normalized spacial score (nSPS) is 13.2. The summed E-state index contributed by atoms with van der Waals surface area (Å²) in [5.41, 5.74) is 1.57. The van der Waals surface area contributed by atoms with Crippen molar-refractivity contribution >= 4 is 15.9 Å². The Balaban J connectivity index is 1.88. The smallest absolute Gasteiger partial charge is 0.350 e. The van der Waals surface area contributed by atoms with Crippen LogP contribution in [0.3, 0.4) is 0 Å². The molecule has 2 rings (SSSR count). The lowest BCUT2D eigenvalue weighted by Crippen LogP contribution is -2.32. The number of rotatable bonds is 7. The van der Waals surface area contributed by atoms with Crippen LogP contribution < -0.4 is 10.0 Å². The second kappa shape index (κ2) is 8.96. The van der Waals surface area contributed by atoms with Crippen LogP contribution >= 0.6 is 0 Å². The van der Waals surface area contributed by atoms with Crippen molar-refractivity contribution in [1.29, 1.82) is 0 Å². The molecule has 5 nitrogen and oxygen atoms in total. The van der Waals surface area contributed by atoms with E-state index in [4.69, 9.17) is 0 Å². The third-order valence-electron chi connectivity index (χ3n) is 4.55. The lowest BCUT2D eigenvalue weighted by atomic mass is 10.1. The summed E-state index contributed by atoms with van der Waals surface area (Å²) in [5.74, 6) is -0.416. The molecule has 0 unspecified atom stereocenters. The van der Waals surface area contributed by atoms with Crippen molar-refractivity contribution in [2.45, 2.75) is 44.3 Å². The molecule has 0 aliphatic heterocycles. The Labute approximate surface area is 168 Å². The van der Waals surface area contributed by atoms with Gasteiger partial charge in [0, 0.05) is 13.0 Å². The molecule has 2 aromatic carbocycles. The lowest BCUT2D eigenvalue weighted by Gasteiger charge is -2.16. The summed E-state index contributed by atoms with van der Waals surface area (Å²) in [4.78, 5) is 12.2. The first-order valence-electron chi connectivity index (χ1n) is 8.93. The number of aryl methyl sites for hydroxylation is 2. The maximum absolute atomic E-state index is 12.6. The van der Waals surface area contributed by atoms with Gasteiger partial charge in [0.05, 0.1) is 16.5 Å². The first-order chi connectivity index (χ1) is 13.4. The number of hydrogen-bond acceptors (Lipinski definition) is 3. The molecule has 29 heavy (non-hydrogen) atoms. The van der Waals surface area contributed by atoms with E-state index in [9.17, 15) is 26.4 Å². The first-order valence-corrected chi connectivity index (χ1v) is 10.4. The molecule has 0 aliphatic rings. The van der Waals surface area contributed by atoms with E-state index >= 15 is 0 Å². The molecule has 0 aliphatic carbocycles. The highest BCUT2D eigenvalue weighted by Gasteiger charge is 2.30. The second-order valence-electron chi connectivity index (χ2n) is 6.80. The standard InChI is InChI=1S/C20H23F3N2O3S/c1-13-4-9-18(12-14(13)2)29(27,28)24-11-10-19(26)25-15(3)16-5-7-17(8-6-16)20(21,22)23/h4-9,12,15,24H,10-11H2,1-3H3,(H,25,26)/t15-/m0/s1. The number of alkyl halides is 3. The van der Waals surface area contributed by atoms with Crippen molar-refractivity contribution in [2.75, 3.05) is 6.54 Å². The zero-order valence-electron chi connectivity index (χ0n) is 16.3. The lowest BCUT2D eigenvalue weighted by molar-refractivity contribution is -0.137. The highest BCUT2D eigenvalue weighted by Crippen LogP contribution is 2.29. The van der Waals surface area contributed by atoms with Gasteiger partial charge in [0.1, 0.15) is 0 Å². The van der Waals surface area contributed by atoms with Crippen molar-refractivity contribution in [2.24, 2.45) is 0 Å². The molecule has 9 heteroatoms. The van der Waals surface area contributed by atoms with Gasteiger partial charge < -0.3 is 5.32 Å². The van der Waals surface area contributed by atoms with Gasteiger partial charge in [-0.3, -0.25) is 4.79 Å². The number of hydrogen-bond donors (Lipinski definition) is 2. The maximum Gasteiger partial charge on any atom is 0.416 e. The van der Waals surface area contributed by atoms with E-state index in [1.54, 1.807) is 19.1 Å². The van der Waals surface area contributed by atoms with E-state index in [0.717, 1.165) is 23.3 Å². The number of amides is 1. The number of sulfonamides is 1. The van der Waals surface area contributed by atoms with Crippen molar-refractivity contribution in [3.8, 4) is 0 Å². The molecular formula is C20H23F3N2O3S. The van der Waals surface area contributed by atoms with Crippen LogP contribution in [0, 0.1) is 13.8 Å². The third kappa shape index (κ3) is 6.30. The Bertz CT molecular complexity index is 971. The van der Waals surface area contributed by atoms with Crippen LogP contribution in [0.1, 0.15) is 41.6 Å². The quantitative estimate of drug-likeness (QED) is 0.703. The van der Waals surface area contributed by atoms with E-state index in [1.165, 1.54) is 18.2 Å². The van der Waals surface area contributed by atoms with Crippen LogP contribution in [0.4, 0.5) is 13.2 Å². The molecule has 158 valence electrons. The Kier molecular flexibility index (Phi) is 7.07. The number of benzene rings is 2. The van der Waals surface area contributed by atoms with Crippen LogP contribution in [0.25, 0.3) is 0 Å². The van der Waals surface area contributed by atoms with Gasteiger partial charge in [-0.25, -0.2) is 13.1 Å². The van der Waals surface area contributed by atoms with E-state index in [0.29, 0.717) is 5.56 Å². The van der Waals surface area contributed by atoms with Gasteiger partial charge in [-0.05, 0) is 61.7 Å². The van der Waals surface area contributed by atoms with Crippen molar-refractivity contribution in [3.05, 3.63) is 64.7 Å². The first kappa shape index (κ1) is 22.9. The fourth-order valence-electron chi connectivity index (χ4n) is 2.62. The molecule has 2 N–H and O–H groups in total. The highest BCUT2D eigenvalue weighted by molar-refractivity contribution is 7.89. The van der Waals surface area contributed by atoms with Gasteiger partial charge >= 0.3 is 6.18 Å². The van der Waals surface area contributed by atoms with Crippen LogP contribution in [0.15, 0.2) is 47.4 Å². The average molecular weight is 428 g/mol. The molecule has 0 bridgehead atoms. The fourth-order valence-corrected chi connectivity index (χ4v) is 3.74. The SMILES string of the molecule is Cc1ccc(S(=O)(=O)NCCC(=O)N[C@@H](C)c2ccc(C(F)(F)F)cc2)cc1C. The third-order valence-corrected chi connectivity index (χ3v) is 6.01. The summed E-state index contributed by atoms with van der Waals surface area (Å²) < 4.78 is 64.8. The summed E-state index contributed by atoms with van der Waals surface area (Å²) in [5, 5.41) is 2.64. The fraction of sp³-hybridized carbons (Fsp3) is 0.350. The van der Waals surface area contributed by atoms with Crippen LogP contribution in [-0.4, -0.2) is 20.9 Å². The predicted octanol–water partition coefficient (Wildman–Crippen LogP) is 3.87. The molecule has 1 atom stereocenters. The van der Waals surface area contributed by atoms with Crippen molar-refractivity contribution < 1.29 is 26.4 Å². The molecular weight excluding hydrogens is 405 g/mol. The van der Waals surface area contributed by atoms with Gasteiger partial charge in [0.2, 0.25) is 15.9 Å². The summed E-state index contributed by atoms with van der Waals surface area (Å²) in [7, 11) is -3.73. The molecule has 0 heterocycles. The van der Waals surface area contributed by atoms with E-state index in [-0.39, 0.29) is 17.9 Å². The van der Waals surface area contributed by atoms with Gasteiger partial charge in [0.25, 0.3) is 0 Å². The number of carbonyl (C=O) groups excluding carboxylic acids is 1. The molecule has 2 aromatic rings. The van der Waals surface area contributed by atoms with Crippen LogP contribution in [0.2, 0.25) is 0 Å². The molecule has 1 amide bonds. The number of carbonyl (C=O) groups is 1. The van der Waals surface area contributed by atoms with Crippen molar-refractivity contribution in [1.82, 2.24) is 10.0 Å². The molecule has 0 aromatic heterocycles. The minimum absolute atomic E-state index is 0.0964. The Morgan fingerprint density at radius 3 is 2.21 bits per heavy atom. The summed E-state index contributed by atoms with van der Waals surface area (Å²) in [6, 6.07) is 8.77. The van der Waals surface area contributed by atoms with Gasteiger partial charge in [0.15, 0.2) is 0 Å². The average Bonchev–Trinajstić information content (AvgIpc) is 2.63.